The van der Waals surface area contributed by atoms with Gasteiger partial charge in [0.25, 0.3) is 0 Å². The molecule has 1 atom stereocenters. The van der Waals surface area contributed by atoms with Gasteiger partial charge in [-0.25, -0.2) is 0 Å². The van der Waals surface area contributed by atoms with Crippen molar-refractivity contribution in [3.63, 3.8) is 0 Å². The van der Waals surface area contributed by atoms with Crippen molar-refractivity contribution in [3.05, 3.63) is 46.6 Å². The zero-order valence-electron chi connectivity index (χ0n) is 14.5. The van der Waals surface area contributed by atoms with Crippen LogP contribution in [0.2, 0.25) is 5.02 Å². The molecule has 0 bridgehead atoms. The van der Waals surface area contributed by atoms with Gasteiger partial charge in [0.2, 0.25) is 11.8 Å². The molecule has 0 radical (unpaired) electrons. The first-order valence-electron chi connectivity index (χ1n) is 8.36. The number of hydrogen-bond acceptors (Lipinski definition) is 5. The van der Waals surface area contributed by atoms with E-state index in [0.717, 1.165) is 36.5 Å². The number of benzene rings is 1. The fourth-order valence-electron chi connectivity index (χ4n) is 3.07. The summed E-state index contributed by atoms with van der Waals surface area (Å²) >= 11 is 6.34. The molecule has 0 unspecified atom stereocenters. The molecule has 6 heteroatoms. The Kier molecular flexibility index (Phi) is 5.23. The third-order valence-electron chi connectivity index (χ3n) is 4.52. The van der Waals surface area contributed by atoms with Crippen molar-refractivity contribution in [1.29, 1.82) is 0 Å². The van der Waals surface area contributed by atoms with Crippen LogP contribution in [0.25, 0.3) is 0 Å². The molecule has 24 heavy (non-hydrogen) atoms. The summed E-state index contributed by atoms with van der Waals surface area (Å²) in [6.45, 7) is 8.72. The minimum atomic E-state index is 0.00250. The molecule has 0 spiro atoms. The smallest absolute Gasteiger partial charge is 0.216 e. The molecule has 1 aliphatic rings. The molecule has 1 aliphatic heterocycles. The Labute approximate surface area is 148 Å². The second-order valence-corrected chi connectivity index (χ2v) is 7.31. The molecule has 2 aromatic rings. The van der Waals surface area contributed by atoms with Gasteiger partial charge in [-0.2, -0.15) is 0 Å². The molecule has 0 aliphatic carbocycles. The van der Waals surface area contributed by atoms with Crippen LogP contribution < -0.4 is 0 Å². The van der Waals surface area contributed by atoms with Crippen molar-refractivity contribution >= 4 is 11.6 Å². The Morgan fingerprint density at radius 1 is 1.29 bits per heavy atom. The van der Waals surface area contributed by atoms with Crippen molar-refractivity contribution in [2.45, 2.75) is 45.3 Å². The van der Waals surface area contributed by atoms with Crippen molar-refractivity contribution < 1.29 is 9.15 Å². The summed E-state index contributed by atoms with van der Waals surface area (Å²) in [6, 6.07) is 7.92. The summed E-state index contributed by atoms with van der Waals surface area (Å²) in [5, 5.41) is 8.71. The van der Waals surface area contributed by atoms with Crippen molar-refractivity contribution in [2.24, 2.45) is 0 Å². The van der Waals surface area contributed by atoms with Gasteiger partial charge < -0.3 is 9.15 Å². The van der Waals surface area contributed by atoms with E-state index in [4.69, 9.17) is 20.8 Å². The van der Waals surface area contributed by atoms with Gasteiger partial charge in [-0.15, -0.1) is 10.2 Å². The molecule has 1 aromatic carbocycles. The molecule has 2 heterocycles. The number of hydrogen-bond donors (Lipinski definition) is 0. The summed E-state index contributed by atoms with van der Waals surface area (Å²) in [5.41, 5.74) is 1.06. The number of morpholine rings is 1. The van der Waals surface area contributed by atoms with Crippen LogP contribution in [0.3, 0.4) is 0 Å². The van der Waals surface area contributed by atoms with E-state index in [1.54, 1.807) is 0 Å². The van der Waals surface area contributed by atoms with E-state index in [2.05, 4.69) is 28.9 Å². The molecule has 0 saturated carbocycles. The lowest BCUT2D eigenvalue weighted by Gasteiger charge is -2.45. The maximum atomic E-state index is 6.34. The third-order valence-corrected chi connectivity index (χ3v) is 4.86. The van der Waals surface area contributed by atoms with Crippen LogP contribution in [0.15, 0.2) is 28.7 Å². The minimum Gasteiger partial charge on any atom is -0.426 e. The molecule has 3 rings (SSSR count). The highest BCUT2D eigenvalue weighted by molar-refractivity contribution is 6.31. The molecule has 1 aromatic heterocycles. The fourth-order valence-corrected chi connectivity index (χ4v) is 3.33. The molecular formula is C18H24ClN3O2. The minimum absolute atomic E-state index is 0.00250. The number of ether oxygens (including phenoxy) is 1. The summed E-state index contributed by atoms with van der Waals surface area (Å²) in [5.74, 6) is 1.33. The Bertz CT molecular complexity index is 686. The lowest BCUT2D eigenvalue weighted by Crippen LogP contribution is -2.54. The Morgan fingerprint density at radius 2 is 2.08 bits per heavy atom. The molecule has 1 fully saturated rings. The lowest BCUT2D eigenvalue weighted by molar-refractivity contribution is -0.101. The van der Waals surface area contributed by atoms with Crippen LogP contribution in [-0.2, 0) is 11.2 Å². The van der Waals surface area contributed by atoms with Gasteiger partial charge in [0.1, 0.15) is 0 Å². The second-order valence-electron chi connectivity index (χ2n) is 6.90. The van der Waals surface area contributed by atoms with Crippen LogP contribution in [0.4, 0.5) is 0 Å². The lowest BCUT2D eigenvalue weighted by atomic mass is 9.97. The Morgan fingerprint density at radius 3 is 2.79 bits per heavy atom. The van der Waals surface area contributed by atoms with E-state index in [1.807, 2.05) is 31.2 Å². The average Bonchev–Trinajstić information content (AvgIpc) is 2.95. The van der Waals surface area contributed by atoms with Gasteiger partial charge in [-0.3, -0.25) is 4.90 Å². The van der Waals surface area contributed by atoms with Gasteiger partial charge in [0, 0.05) is 36.0 Å². The maximum absolute atomic E-state index is 6.34. The maximum Gasteiger partial charge on any atom is 0.216 e. The van der Waals surface area contributed by atoms with Crippen molar-refractivity contribution in [1.82, 2.24) is 15.1 Å². The first-order chi connectivity index (χ1) is 11.5. The number of rotatable bonds is 5. The van der Waals surface area contributed by atoms with Gasteiger partial charge in [-0.1, -0.05) is 29.8 Å². The summed E-state index contributed by atoms with van der Waals surface area (Å²) < 4.78 is 11.5. The van der Waals surface area contributed by atoms with Gasteiger partial charge in [-0.05, 0) is 32.9 Å². The summed E-state index contributed by atoms with van der Waals surface area (Å²) in [7, 11) is 0. The number of halogens is 1. The van der Waals surface area contributed by atoms with Crippen LogP contribution in [0, 0.1) is 6.92 Å². The van der Waals surface area contributed by atoms with Crippen molar-refractivity contribution in [2.75, 3.05) is 19.7 Å². The zero-order chi connectivity index (χ0) is 17.2. The van der Waals surface area contributed by atoms with E-state index in [1.165, 1.54) is 0 Å². The summed E-state index contributed by atoms with van der Waals surface area (Å²) in [6.07, 6.45) is 1.78. The number of nitrogens with zero attached hydrogens (tertiary/aromatic N) is 3. The predicted octanol–water partition coefficient (Wildman–Crippen LogP) is 3.82. The van der Waals surface area contributed by atoms with Gasteiger partial charge in [0.05, 0.1) is 12.7 Å². The third kappa shape index (κ3) is 3.97. The molecule has 0 amide bonds. The Hall–Kier alpha value is -1.43. The van der Waals surface area contributed by atoms with E-state index < -0.39 is 0 Å². The summed E-state index contributed by atoms with van der Waals surface area (Å²) in [4.78, 5) is 2.47. The van der Waals surface area contributed by atoms with Crippen LogP contribution in [0.1, 0.15) is 43.7 Å². The first-order valence-corrected chi connectivity index (χ1v) is 8.73. The van der Waals surface area contributed by atoms with E-state index in [-0.39, 0.29) is 11.6 Å². The Balaban J connectivity index is 1.62. The number of aromatic nitrogens is 2. The second kappa shape index (κ2) is 7.21. The topological polar surface area (TPSA) is 51.4 Å². The average molecular weight is 350 g/mol. The van der Waals surface area contributed by atoms with Crippen LogP contribution in [0.5, 0.6) is 0 Å². The number of aryl methyl sites for hydroxylation is 2. The first kappa shape index (κ1) is 17.4. The zero-order valence-corrected chi connectivity index (χ0v) is 15.2. The van der Waals surface area contributed by atoms with Gasteiger partial charge in [0.15, 0.2) is 0 Å². The SMILES string of the molecule is Cc1nnc(CCCN2C[C@@H](c3ccccc3Cl)OCC2(C)C)o1. The van der Waals surface area contributed by atoms with Gasteiger partial charge >= 0.3 is 0 Å². The van der Waals surface area contributed by atoms with Crippen LogP contribution >= 0.6 is 11.6 Å². The normalized spacial score (nSPS) is 21.1. The quantitative estimate of drug-likeness (QED) is 0.821. The van der Waals surface area contributed by atoms with Crippen molar-refractivity contribution in [3.8, 4) is 0 Å². The highest BCUT2D eigenvalue weighted by Gasteiger charge is 2.35. The largest absolute Gasteiger partial charge is 0.426 e. The molecule has 130 valence electrons. The molecular weight excluding hydrogens is 326 g/mol. The molecule has 5 nitrogen and oxygen atoms in total. The highest BCUT2D eigenvalue weighted by Crippen LogP contribution is 2.33. The van der Waals surface area contributed by atoms with E-state index in [0.29, 0.717) is 18.4 Å². The fraction of sp³-hybridized carbons (Fsp3) is 0.556. The van der Waals surface area contributed by atoms with E-state index >= 15 is 0 Å². The molecule has 0 N–H and O–H groups in total. The predicted molar refractivity (Wildman–Crippen MR) is 93.2 cm³/mol. The molecule has 1 saturated heterocycles. The standard InChI is InChI=1S/C18H24ClN3O2/c1-13-20-21-17(24-13)9-6-10-22-11-16(23-12-18(22,2)3)14-7-4-5-8-15(14)19/h4-5,7-8,16H,6,9-12H2,1-3H3/t16-/m0/s1. The monoisotopic (exact) mass is 349 g/mol. The van der Waals surface area contributed by atoms with E-state index in [9.17, 15) is 0 Å². The van der Waals surface area contributed by atoms with Crippen LogP contribution in [-0.4, -0.2) is 40.3 Å². The highest BCUT2D eigenvalue weighted by atomic mass is 35.5.